The predicted molar refractivity (Wildman–Crippen MR) is 98.3 cm³/mol. The van der Waals surface area contributed by atoms with Gasteiger partial charge in [0.1, 0.15) is 6.54 Å². The van der Waals surface area contributed by atoms with E-state index in [0.717, 1.165) is 0 Å². The largest absolute Gasteiger partial charge is 0.383 e. The Morgan fingerprint density at radius 3 is 2.50 bits per heavy atom. The predicted octanol–water partition coefficient (Wildman–Crippen LogP) is 1.45. The van der Waals surface area contributed by atoms with Crippen molar-refractivity contribution < 1.29 is 9.53 Å². The van der Waals surface area contributed by atoms with Crippen LogP contribution in [0, 0.1) is 0 Å². The van der Waals surface area contributed by atoms with E-state index in [1.807, 2.05) is 18.2 Å². The van der Waals surface area contributed by atoms with Gasteiger partial charge in [-0.2, -0.15) is 0 Å². The first kappa shape index (κ1) is 20.0. The summed E-state index contributed by atoms with van der Waals surface area (Å²) in [5.41, 5.74) is 1.26. The smallest absolute Gasteiger partial charge is 0.243 e. The van der Waals surface area contributed by atoms with Gasteiger partial charge in [0.25, 0.3) is 0 Å². The minimum atomic E-state index is -0.0356. The molecule has 0 aliphatic heterocycles. The highest BCUT2D eigenvalue weighted by Gasteiger charge is 2.15. The molecule has 2 atom stereocenters. The summed E-state index contributed by atoms with van der Waals surface area (Å²) in [5, 5.41) is 6.58. The molecule has 1 rings (SSSR count). The van der Waals surface area contributed by atoms with E-state index in [1.54, 1.807) is 21.2 Å². The summed E-state index contributed by atoms with van der Waals surface area (Å²) in [7, 11) is 5.11. The zero-order chi connectivity index (χ0) is 17.9. The Morgan fingerprint density at radius 1 is 1.25 bits per heavy atom. The fraction of sp³-hybridized carbons (Fsp3) is 0.556. The molecule has 2 unspecified atom stereocenters. The van der Waals surface area contributed by atoms with E-state index in [-0.39, 0.29) is 18.5 Å². The Balaban J connectivity index is 2.71. The van der Waals surface area contributed by atoms with E-state index in [2.05, 4.69) is 41.6 Å². The minimum absolute atomic E-state index is 0.0356. The molecule has 1 amide bonds. The normalized spacial score (nSPS) is 14.0. The first-order valence-electron chi connectivity index (χ1n) is 8.24. The zero-order valence-electron chi connectivity index (χ0n) is 15.4. The van der Waals surface area contributed by atoms with Crippen LogP contribution >= 0.6 is 0 Å². The molecule has 0 radical (unpaired) electrons. The first-order valence-corrected chi connectivity index (χ1v) is 8.24. The van der Waals surface area contributed by atoms with Crippen LogP contribution in [0.3, 0.4) is 0 Å². The van der Waals surface area contributed by atoms with Crippen molar-refractivity contribution in [3.05, 3.63) is 35.9 Å². The first-order chi connectivity index (χ1) is 11.5. The number of benzene rings is 1. The van der Waals surface area contributed by atoms with E-state index < -0.39 is 0 Å². The van der Waals surface area contributed by atoms with Crippen LogP contribution in [0.4, 0.5) is 0 Å². The molecule has 0 heterocycles. The molecule has 0 saturated carbocycles. The molecule has 0 aliphatic carbocycles. The van der Waals surface area contributed by atoms with Gasteiger partial charge in [0.05, 0.1) is 6.61 Å². The molecule has 0 bridgehead atoms. The van der Waals surface area contributed by atoms with Crippen LogP contribution < -0.4 is 10.6 Å². The molecule has 134 valence electrons. The average Bonchev–Trinajstić information content (AvgIpc) is 2.59. The molecule has 1 aromatic rings. The number of likely N-dealkylation sites (N-methyl/N-ethyl adjacent to an activating group) is 1. The summed E-state index contributed by atoms with van der Waals surface area (Å²) < 4.78 is 5.06. The minimum Gasteiger partial charge on any atom is -0.383 e. The second kappa shape index (κ2) is 10.6. The van der Waals surface area contributed by atoms with Gasteiger partial charge in [-0.3, -0.25) is 4.79 Å². The third-order valence-corrected chi connectivity index (χ3v) is 3.91. The highest BCUT2D eigenvalue weighted by molar-refractivity contribution is 5.85. The highest BCUT2D eigenvalue weighted by atomic mass is 16.5. The van der Waals surface area contributed by atoms with Crippen molar-refractivity contribution in [1.29, 1.82) is 0 Å². The summed E-state index contributed by atoms with van der Waals surface area (Å²) in [6.45, 7) is 5.60. The summed E-state index contributed by atoms with van der Waals surface area (Å²) >= 11 is 0. The van der Waals surface area contributed by atoms with Gasteiger partial charge in [-0.25, -0.2) is 4.99 Å². The maximum atomic E-state index is 11.8. The van der Waals surface area contributed by atoms with Gasteiger partial charge < -0.3 is 20.3 Å². The van der Waals surface area contributed by atoms with Gasteiger partial charge in [0.2, 0.25) is 5.91 Å². The molecule has 0 aromatic heterocycles. The van der Waals surface area contributed by atoms with Crippen molar-refractivity contribution in [3.8, 4) is 0 Å². The summed E-state index contributed by atoms with van der Waals surface area (Å²) in [4.78, 5) is 17.7. The number of aliphatic imine (C=N–C) groups is 1. The molecule has 24 heavy (non-hydrogen) atoms. The molecule has 6 heteroatoms. The number of carbonyl (C=O) groups excluding carboxylic acids is 1. The Labute approximate surface area is 145 Å². The van der Waals surface area contributed by atoms with E-state index in [4.69, 9.17) is 4.74 Å². The van der Waals surface area contributed by atoms with Gasteiger partial charge in [0, 0.05) is 39.7 Å². The topological polar surface area (TPSA) is 66.0 Å². The number of ether oxygens (including phenoxy) is 1. The average molecular weight is 334 g/mol. The molecule has 0 spiro atoms. The fourth-order valence-electron chi connectivity index (χ4n) is 2.10. The number of carbonyl (C=O) groups is 1. The van der Waals surface area contributed by atoms with Crippen LogP contribution in [0.1, 0.15) is 25.3 Å². The van der Waals surface area contributed by atoms with E-state index >= 15 is 0 Å². The molecule has 0 fully saturated rings. The lowest BCUT2D eigenvalue weighted by Gasteiger charge is -2.24. The molecule has 0 saturated heterocycles. The second-order valence-corrected chi connectivity index (χ2v) is 6.00. The summed E-state index contributed by atoms with van der Waals surface area (Å²) in [6.07, 6.45) is 0. The quantitative estimate of drug-likeness (QED) is 0.429. The van der Waals surface area contributed by atoms with Crippen LogP contribution in [0.15, 0.2) is 35.3 Å². The van der Waals surface area contributed by atoms with Crippen molar-refractivity contribution in [2.75, 3.05) is 40.9 Å². The number of hydrogen-bond acceptors (Lipinski definition) is 3. The van der Waals surface area contributed by atoms with Crippen LogP contribution in [0.2, 0.25) is 0 Å². The van der Waals surface area contributed by atoms with Gasteiger partial charge in [-0.05, 0) is 12.5 Å². The molecular formula is C18H30N4O2. The highest BCUT2D eigenvalue weighted by Crippen LogP contribution is 2.18. The van der Waals surface area contributed by atoms with Crippen molar-refractivity contribution in [2.24, 2.45) is 4.99 Å². The molecule has 0 aliphatic rings. The van der Waals surface area contributed by atoms with Gasteiger partial charge in [-0.1, -0.05) is 37.3 Å². The Hall–Kier alpha value is -2.08. The third kappa shape index (κ3) is 7.00. The molecule has 2 N–H and O–H groups in total. The Bertz CT molecular complexity index is 517. The third-order valence-electron chi connectivity index (χ3n) is 3.91. The van der Waals surface area contributed by atoms with Crippen molar-refractivity contribution in [3.63, 3.8) is 0 Å². The van der Waals surface area contributed by atoms with Gasteiger partial charge >= 0.3 is 0 Å². The number of nitrogens with one attached hydrogen (secondary N) is 2. The molecular weight excluding hydrogens is 304 g/mol. The number of rotatable bonds is 8. The second-order valence-electron chi connectivity index (χ2n) is 6.00. The summed E-state index contributed by atoms with van der Waals surface area (Å²) in [5.74, 6) is 0.898. The number of methoxy groups -OCH3 is 1. The van der Waals surface area contributed by atoms with E-state index in [9.17, 15) is 4.79 Å². The van der Waals surface area contributed by atoms with E-state index in [0.29, 0.717) is 25.0 Å². The van der Waals surface area contributed by atoms with Gasteiger partial charge in [0.15, 0.2) is 5.96 Å². The van der Waals surface area contributed by atoms with Crippen LogP contribution in [-0.4, -0.2) is 63.7 Å². The zero-order valence-corrected chi connectivity index (χ0v) is 15.4. The van der Waals surface area contributed by atoms with Crippen LogP contribution in [0.25, 0.3) is 0 Å². The maximum absolute atomic E-state index is 11.8. The summed E-state index contributed by atoms with van der Waals surface area (Å²) in [6, 6.07) is 10.5. The fourth-order valence-corrected chi connectivity index (χ4v) is 2.10. The Kier molecular flexibility index (Phi) is 8.86. The molecule has 1 aromatic carbocycles. The SMILES string of the molecule is COCCNC(=NCC(=O)N(C)C)NC(C)C(C)c1ccccc1. The lowest BCUT2D eigenvalue weighted by molar-refractivity contribution is -0.127. The number of nitrogens with zero attached hydrogens (tertiary/aromatic N) is 2. The van der Waals surface area contributed by atoms with Crippen LogP contribution in [-0.2, 0) is 9.53 Å². The lowest BCUT2D eigenvalue weighted by atomic mass is 9.94. The standard InChI is InChI=1S/C18H30N4O2/c1-14(16-9-7-6-8-10-16)15(2)21-18(19-11-12-24-5)20-13-17(23)22(3)4/h6-10,14-15H,11-13H2,1-5H3,(H2,19,20,21). The number of guanidine groups is 1. The maximum Gasteiger partial charge on any atom is 0.243 e. The van der Waals surface area contributed by atoms with Crippen molar-refractivity contribution in [1.82, 2.24) is 15.5 Å². The number of hydrogen-bond donors (Lipinski definition) is 2. The van der Waals surface area contributed by atoms with Crippen LogP contribution in [0.5, 0.6) is 0 Å². The Morgan fingerprint density at radius 2 is 1.92 bits per heavy atom. The monoisotopic (exact) mass is 334 g/mol. The lowest BCUT2D eigenvalue weighted by Crippen LogP contribution is -2.45. The van der Waals surface area contributed by atoms with E-state index in [1.165, 1.54) is 10.5 Å². The number of amides is 1. The van der Waals surface area contributed by atoms with Crippen molar-refractivity contribution in [2.45, 2.75) is 25.8 Å². The molecule has 6 nitrogen and oxygen atoms in total. The van der Waals surface area contributed by atoms with Gasteiger partial charge in [-0.15, -0.1) is 0 Å². The van der Waals surface area contributed by atoms with Crippen molar-refractivity contribution >= 4 is 11.9 Å².